The zero-order chi connectivity index (χ0) is 15.5. The Kier molecular flexibility index (Phi) is 4.91. The van der Waals surface area contributed by atoms with Crippen molar-refractivity contribution in [2.24, 2.45) is 5.73 Å². The number of hydrogen-bond donors (Lipinski definition) is 2. The maximum absolute atomic E-state index is 12.2. The van der Waals surface area contributed by atoms with Crippen LogP contribution in [-0.2, 0) is 16.6 Å². The van der Waals surface area contributed by atoms with Gasteiger partial charge in [0.05, 0.1) is 19.0 Å². The topological polar surface area (TPSA) is 123 Å². The molecular formula is C11H20N6O3S. The number of nitrogens with zero attached hydrogens (tertiary/aromatic N) is 4. The number of carbonyl (C=O) groups is 1. The molecule has 1 aromatic rings. The van der Waals surface area contributed by atoms with E-state index in [1.54, 1.807) is 11.1 Å². The summed E-state index contributed by atoms with van der Waals surface area (Å²) in [6.07, 6.45) is 3.90. The zero-order valence-electron chi connectivity index (χ0n) is 11.9. The Morgan fingerprint density at radius 2 is 2.14 bits per heavy atom. The minimum absolute atomic E-state index is 0.114. The maximum atomic E-state index is 12.2. The second-order valence-corrected chi connectivity index (χ2v) is 6.89. The predicted octanol–water partition coefficient (Wildman–Crippen LogP) is -1.61. The van der Waals surface area contributed by atoms with Crippen molar-refractivity contribution in [1.82, 2.24) is 24.6 Å². The molecule has 10 heteroatoms. The highest BCUT2D eigenvalue weighted by molar-refractivity contribution is 7.88. The van der Waals surface area contributed by atoms with E-state index in [9.17, 15) is 13.2 Å². The molecule has 1 fully saturated rings. The van der Waals surface area contributed by atoms with Crippen molar-refractivity contribution in [3.8, 4) is 0 Å². The van der Waals surface area contributed by atoms with Crippen molar-refractivity contribution in [2.75, 3.05) is 25.9 Å². The molecule has 2 rings (SSSR count). The van der Waals surface area contributed by atoms with E-state index in [0.29, 0.717) is 39.0 Å². The Morgan fingerprint density at radius 1 is 1.48 bits per heavy atom. The summed E-state index contributed by atoms with van der Waals surface area (Å²) in [6.45, 7) is 1.94. The van der Waals surface area contributed by atoms with Gasteiger partial charge >= 0.3 is 0 Å². The second kappa shape index (κ2) is 6.50. The molecule has 0 aliphatic carbocycles. The fourth-order valence-electron chi connectivity index (χ4n) is 2.30. The molecule has 0 atom stereocenters. The molecule has 118 valence electrons. The summed E-state index contributed by atoms with van der Waals surface area (Å²) >= 11 is 0. The molecule has 9 nitrogen and oxygen atoms in total. The molecule has 0 saturated carbocycles. The Balaban J connectivity index is 1.90. The molecule has 0 unspecified atom stereocenters. The molecule has 1 aromatic heterocycles. The van der Waals surface area contributed by atoms with Gasteiger partial charge in [0.2, 0.25) is 10.0 Å². The van der Waals surface area contributed by atoms with Gasteiger partial charge < -0.3 is 10.6 Å². The third-order valence-corrected chi connectivity index (χ3v) is 4.04. The van der Waals surface area contributed by atoms with Crippen LogP contribution >= 0.6 is 0 Å². The van der Waals surface area contributed by atoms with E-state index in [-0.39, 0.29) is 17.6 Å². The summed E-state index contributed by atoms with van der Waals surface area (Å²) in [6, 6.07) is -0.114. The number of nitrogens with one attached hydrogen (secondary N) is 1. The number of rotatable bonds is 5. The standard InChI is InChI=1S/C11H20N6O3S/c1-21(19,20)14-9-2-5-16(6-3-9)11(18)10-8-17(7-4-12)15-13-10/h8-9,14H,2-7,12H2,1H3. The van der Waals surface area contributed by atoms with Crippen LogP contribution in [0.1, 0.15) is 23.3 Å². The van der Waals surface area contributed by atoms with Gasteiger partial charge in [-0.1, -0.05) is 5.21 Å². The van der Waals surface area contributed by atoms with Crippen LogP contribution < -0.4 is 10.5 Å². The summed E-state index contributed by atoms with van der Waals surface area (Å²) in [5.41, 5.74) is 5.70. The predicted molar refractivity (Wildman–Crippen MR) is 76.0 cm³/mol. The second-order valence-electron chi connectivity index (χ2n) is 5.11. The first kappa shape index (κ1) is 15.9. The highest BCUT2D eigenvalue weighted by Crippen LogP contribution is 2.13. The van der Waals surface area contributed by atoms with Gasteiger partial charge in [0.1, 0.15) is 0 Å². The molecule has 1 aliphatic rings. The quantitative estimate of drug-likeness (QED) is 0.674. The van der Waals surface area contributed by atoms with Crippen molar-refractivity contribution < 1.29 is 13.2 Å². The molecular weight excluding hydrogens is 296 g/mol. The molecule has 3 N–H and O–H groups in total. The normalized spacial score (nSPS) is 17.1. The van der Waals surface area contributed by atoms with Gasteiger partial charge in [0.25, 0.3) is 5.91 Å². The summed E-state index contributed by atoms with van der Waals surface area (Å²) in [5, 5.41) is 7.68. The molecule has 1 aliphatic heterocycles. The molecule has 1 saturated heterocycles. The van der Waals surface area contributed by atoms with E-state index in [1.165, 1.54) is 4.68 Å². The van der Waals surface area contributed by atoms with Crippen LogP contribution in [0.15, 0.2) is 6.20 Å². The van der Waals surface area contributed by atoms with E-state index in [0.717, 1.165) is 6.26 Å². The first-order valence-corrected chi connectivity index (χ1v) is 8.65. The monoisotopic (exact) mass is 316 g/mol. The summed E-state index contributed by atoms with van der Waals surface area (Å²) < 4.78 is 26.5. The van der Waals surface area contributed by atoms with Gasteiger partial charge in [-0.25, -0.2) is 13.1 Å². The average Bonchev–Trinajstić information content (AvgIpc) is 2.86. The molecule has 0 bridgehead atoms. The van der Waals surface area contributed by atoms with Gasteiger partial charge in [-0.2, -0.15) is 0 Å². The third kappa shape index (κ3) is 4.48. The molecule has 2 heterocycles. The number of nitrogens with two attached hydrogens (primary N) is 1. The van der Waals surface area contributed by atoms with Crippen LogP contribution in [0.4, 0.5) is 0 Å². The minimum Gasteiger partial charge on any atom is -0.337 e. The average molecular weight is 316 g/mol. The zero-order valence-corrected chi connectivity index (χ0v) is 12.7. The van der Waals surface area contributed by atoms with Gasteiger partial charge in [-0.15, -0.1) is 5.10 Å². The molecule has 0 radical (unpaired) electrons. The number of piperidine rings is 1. The van der Waals surface area contributed by atoms with E-state index < -0.39 is 10.0 Å². The van der Waals surface area contributed by atoms with Crippen molar-refractivity contribution in [3.63, 3.8) is 0 Å². The summed E-state index contributed by atoms with van der Waals surface area (Å²) in [5.74, 6) is -0.184. The SMILES string of the molecule is CS(=O)(=O)NC1CCN(C(=O)c2cn(CCN)nn2)CC1. The van der Waals surface area contributed by atoms with E-state index in [4.69, 9.17) is 5.73 Å². The summed E-state index contributed by atoms with van der Waals surface area (Å²) in [7, 11) is -3.21. The molecule has 0 spiro atoms. The number of amides is 1. The van der Waals surface area contributed by atoms with Crippen LogP contribution in [0.25, 0.3) is 0 Å². The van der Waals surface area contributed by atoms with E-state index >= 15 is 0 Å². The van der Waals surface area contributed by atoms with Crippen LogP contribution in [0.3, 0.4) is 0 Å². The lowest BCUT2D eigenvalue weighted by atomic mass is 10.1. The van der Waals surface area contributed by atoms with Crippen molar-refractivity contribution in [1.29, 1.82) is 0 Å². The first-order valence-electron chi connectivity index (χ1n) is 6.76. The lowest BCUT2D eigenvalue weighted by Gasteiger charge is -2.31. The fourth-order valence-corrected chi connectivity index (χ4v) is 3.14. The number of hydrogen-bond acceptors (Lipinski definition) is 6. The minimum atomic E-state index is -3.21. The van der Waals surface area contributed by atoms with Crippen molar-refractivity contribution in [3.05, 3.63) is 11.9 Å². The fraction of sp³-hybridized carbons (Fsp3) is 0.727. The summed E-state index contributed by atoms with van der Waals surface area (Å²) in [4.78, 5) is 13.9. The smallest absolute Gasteiger partial charge is 0.276 e. The highest BCUT2D eigenvalue weighted by atomic mass is 32.2. The van der Waals surface area contributed by atoms with Crippen LogP contribution in [-0.4, -0.2) is 66.2 Å². The maximum Gasteiger partial charge on any atom is 0.276 e. The van der Waals surface area contributed by atoms with Crippen LogP contribution in [0.5, 0.6) is 0 Å². The number of likely N-dealkylation sites (tertiary alicyclic amines) is 1. The molecule has 1 amide bonds. The Hall–Kier alpha value is -1.52. The Labute approximate surface area is 123 Å². The first-order chi connectivity index (χ1) is 9.89. The third-order valence-electron chi connectivity index (χ3n) is 3.28. The molecule has 21 heavy (non-hydrogen) atoms. The van der Waals surface area contributed by atoms with Crippen molar-refractivity contribution >= 4 is 15.9 Å². The van der Waals surface area contributed by atoms with Gasteiger partial charge in [0.15, 0.2) is 5.69 Å². The number of sulfonamides is 1. The lowest BCUT2D eigenvalue weighted by Crippen LogP contribution is -2.46. The van der Waals surface area contributed by atoms with Gasteiger partial charge in [0, 0.05) is 25.7 Å². The van der Waals surface area contributed by atoms with Crippen LogP contribution in [0, 0.1) is 0 Å². The van der Waals surface area contributed by atoms with E-state index in [2.05, 4.69) is 15.0 Å². The largest absolute Gasteiger partial charge is 0.337 e. The van der Waals surface area contributed by atoms with Crippen LogP contribution in [0.2, 0.25) is 0 Å². The van der Waals surface area contributed by atoms with Gasteiger partial charge in [-0.05, 0) is 12.8 Å². The highest BCUT2D eigenvalue weighted by Gasteiger charge is 2.26. The van der Waals surface area contributed by atoms with E-state index in [1.807, 2.05) is 0 Å². The Bertz CT molecular complexity index is 591. The number of carbonyl (C=O) groups excluding carboxylic acids is 1. The lowest BCUT2D eigenvalue weighted by molar-refractivity contribution is 0.0705. The number of aromatic nitrogens is 3. The molecule has 0 aromatic carbocycles. The van der Waals surface area contributed by atoms with Crippen molar-refractivity contribution in [2.45, 2.75) is 25.4 Å². The van der Waals surface area contributed by atoms with Gasteiger partial charge in [-0.3, -0.25) is 9.48 Å². The Morgan fingerprint density at radius 3 is 2.71 bits per heavy atom.